The van der Waals surface area contributed by atoms with E-state index in [-0.39, 0.29) is 22.7 Å². The highest BCUT2D eigenvalue weighted by Crippen LogP contribution is 2.37. The van der Waals surface area contributed by atoms with Crippen LogP contribution in [0.25, 0.3) is 5.52 Å². The van der Waals surface area contributed by atoms with E-state index in [1.165, 1.54) is 6.92 Å². The molecule has 0 saturated carbocycles. The summed E-state index contributed by atoms with van der Waals surface area (Å²) in [6.07, 6.45) is 7.96. The molecular weight excluding hydrogens is 439 g/mol. The maximum absolute atomic E-state index is 14.1. The van der Waals surface area contributed by atoms with Crippen LogP contribution >= 0.6 is 11.6 Å². The Labute approximate surface area is 201 Å². The number of nitrogens with zero attached hydrogens (tertiary/aromatic N) is 1. The quantitative estimate of drug-likeness (QED) is 0.439. The average molecular weight is 475 g/mol. The van der Waals surface area contributed by atoms with Crippen molar-refractivity contribution in [3.8, 4) is 5.75 Å². The molecule has 0 saturated heterocycles. The molecule has 0 aromatic carbocycles. The topological polar surface area (TPSA) is 56.7 Å². The van der Waals surface area contributed by atoms with Gasteiger partial charge in [0.2, 0.25) is 0 Å². The fraction of sp³-hybridized carbons (Fsp3) is 0.444. The van der Waals surface area contributed by atoms with Crippen molar-refractivity contribution < 1.29 is 9.13 Å². The minimum atomic E-state index is -0.252. The first-order valence-electron chi connectivity index (χ1n) is 11.2. The van der Waals surface area contributed by atoms with E-state index in [9.17, 15) is 9.18 Å². The molecule has 0 fully saturated rings. The highest BCUT2D eigenvalue weighted by Gasteiger charge is 2.28. The van der Waals surface area contributed by atoms with Gasteiger partial charge in [-0.25, -0.2) is 4.39 Å². The van der Waals surface area contributed by atoms with Crippen molar-refractivity contribution in [2.75, 3.05) is 13.7 Å². The predicted octanol–water partition coefficient (Wildman–Crippen LogP) is 6.58. The molecule has 0 radical (unpaired) electrons. The van der Waals surface area contributed by atoms with Gasteiger partial charge in [-0.05, 0) is 68.9 Å². The lowest BCUT2D eigenvalue weighted by Crippen LogP contribution is -2.28. The van der Waals surface area contributed by atoms with Crippen LogP contribution in [0.2, 0.25) is 0 Å². The lowest BCUT2D eigenvalue weighted by atomic mass is 9.76. The fourth-order valence-corrected chi connectivity index (χ4v) is 4.14. The number of aromatic nitrogens is 1. The number of ether oxygens (including phenoxy) is 1. The van der Waals surface area contributed by atoms with Crippen LogP contribution < -0.4 is 16.0 Å². The summed E-state index contributed by atoms with van der Waals surface area (Å²) < 4.78 is 21.5. The summed E-state index contributed by atoms with van der Waals surface area (Å²) in [5, 5.41) is 0.620. The van der Waals surface area contributed by atoms with Crippen LogP contribution in [-0.4, -0.2) is 18.1 Å². The highest BCUT2D eigenvalue weighted by molar-refractivity contribution is 6.29. The lowest BCUT2D eigenvalue weighted by molar-refractivity contribution is 0.326. The van der Waals surface area contributed by atoms with Gasteiger partial charge in [-0.3, -0.25) is 9.20 Å². The second-order valence-electron chi connectivity index (χ2n) is 9.54. The Bertz CT molecular complexity index is 1150. The molecule has 33 heavy (non-hydrogen) atoms. The Balaban J connectivity index is 2.60. The van der Waals surface area contributed by atoms with Crippen LogP contribution in [-0.2, 0) is 6.42 Å². The molecule has 0 amide bonds. The third kappa shape index (κ3) is 6.58. The number of hydrogen-bond acceptors (Lipinski definition) is 3. The zero-order valence-electron chi connectivity index (χ0n) is 20.8. The molecule has 2 rings (SSSR count). The van der Waals surface area contributed by atoms with Gasteiger partial charge in [-0.1, -0.05) is 44.5 Å². The van der Waals surface area contributed by atoms with Gasteiger partial charge in [0.05, 0.1) is 12.6 Å². The second-order valence-corrected chi connectivity index (χ2v) is 10.1. The molecule has 2 heterocycles. The van der Waals surface area contributed by atoms with Crippen LogP contribution in [0.3, 0.4) is 0 Å². The molecule has 0 aliphatic rings. The molecule has 0 aliphatic carbocycles. The molecule has 0 bridgehead atoms. The number of halogens is 2. The SMILES string of the molecule is COc1cc2c([C@H](CN)C(C)(C)C)cc(C)c(=O)n2cc1CCC(/C=C\C=C(/C)Cl)=C(/C)F. The van der Waals surface area contributed by atoms with E-state index in [0.29, 0.717) is 41.3 Å². The average Bonchev–Trinajstić information content (AvgIpc) is 2.72. The van der Waals surface area contributed by atoms with Gasteiger partial charge in [-0.15, -0.1) is 0 Å². The molecule has 4 nitrogen and oxygen atoms in total. The van der Waals surface area contributed by atoms with E-state index in [1.807, 2.05) is 25.3 Å². The Kier molecular flexibility index (Phi) is 9.10. The predicted molar refractivity (Wildman–Crippen MR) is 137 cm³/mol. The van der Waals surface area contributed by atoms with Gasteiger partial charge in [0.25, 0.3) is 5.56 Å². The normalized spacial score (nSPS) is 14.7. The van der Waals surface area contributed by atoms with Gasteiger partial charge < -0.3 is 10.5 Å². The van der Waals surface area contributed by atoms with Crippen molar-refractivity contribution in [1.29, 1.82) is 0 Å². The third-order valence-corrected chi connectivity index (χ3v) is 6.08. The standard InChI is InChI=1S/C27H36ClFN2O2/c1-17-13-22(23(15-30)27(4,5)6)24-14-25(33-7)21(16-31(24)26(17)32)12-11-20(19(3)29)10-8-9-18(2)28/h8-10,13-14,16,23H,11-12,15,30H2,1-7H3/b10-8-,18-9+,20-19-/t23-/m0/s1. The number of hydrogen-bond donors (Lipinski definition) is 1. The Morgan fingerprint density at radius 3 is 2.48 bits per heavy atom. The number of allylic oxidation sites excluding steroid dienone is 6. The first kappa shape index (κ1) is 26.9. The summed E-state index contributed by atoms with van der Waals surface area (Å²) in [5.74, 6) is 0.480. The van der Waals surface area contributed by atoms with Crippen LogP contribution in [0.4, 0.5) is 4.39 Å². The van der Waals surface area contributed by atoms with Gasteiger partial charge in [0.15, 0.2) is 0 Å². The number of fused-ring (bicyclic) bond motifs is 1. The first-order valence-corrected chi connectivity index (χ1v) is 11.6. The van der Waals surface area contributed by atoms with Crippen LogP contribution in [0.1, 0.15) is 63.6 Å². The molecule has 0 aliphatic heterocycles. The molecule has 2 aromatic rings. The van der Waals surface area contributed by atoms with E-state index in [2.05, 4.69) is 20.8 Å². The minimum Gasteiger partial charge on any atom is -0.496 e. The number of aryl methyl sites for hydroxylation is 2. The Morgan fingerprint density at radius 1 is 1.30 bits per heavy atom. The summed E-state index contributed by atoms with van der Waals surface area (Å²) in [5.41, 5.74) is 9.88. The summed E-state index contributed by atoms with van der Waals surface area (Å²) >= 11 is 5.85. The molecule has 1 atom stereocenters. The molecule has 6 heteroatoms. The van der Waals surface area contributed by atoms with Gasteiger partial charge >= 0.3 is 0 Å². The number of nitrogens with two attached hydrogens (primary N) is 1. The van der Waals surface area contributed by atoms with E-state index in [0.717, 1.165) is 16.6 Å². The summed E-state index contributed by atoms with van der Waals surface area (Å²) in [7, 11) is 1.61. The van der Waals surface area contributed by atoms with Crippen molar-refractivity contribution in [3.63, 3.8) is 0 Å². The summed E-state index contributed by atoms with van der Waals surface area (Å²) in [6.45, 7) is 11.9. The van der Waals surface area contributed by atoms with E-state index in [1.54, 1.807) is 36.7 Å². The molecule has 180 valence electrons. The highest BCUT2D eigenvalue weighted by atomic mass is 35.5. The van der Waals surface area contributed by atoms with Crippen LogP contribution in [0, 0.1) is 12.3 Å². The zero-order valence-corrected chi connectivity index (χ0v) is 21.5. The maximum Gasteiger partial charge on any atom is 0.258 e. The summed E-state index contributed by atoms with van der Waals surface area (Å²) in [6, 6.07) is 3.85. The van der Waals surface area contributed by atoms with Crippen molar-refractivity contribution in [1.82, 2.24) is 4.40 Å². The van der Waals surface area contributed by atoms with E-state index in [4.69, 9.17) is 22.1 Å². The van der Waals surface area contributed by atoms with Crippen molar-refractivity contribution >= 4 is 17.1 Å². The molecular formula is C27H36ClFN2O2. The van der Waals surface area contributed by atoms with Gasteiger partial charge in [-0.2, -0.15) is 0 Å². The van der Waals surface area contributed by atoms with E-state index < -0.39 is 0 Å². The van der Waals surface area contributed by atoms with Gasteiger partial charge in [0.1, 0.15) is 11.6 Å². The first-order chi connectivity index (χ1) is 15.4. The minimum absolute atomic E-state index is 0.0645. The Morgan fingerprint density at radius 2 is 1.97 bits per heavy atom. The monoisotopic (exact) mass is 474 g/mol. The van der Waals surface area contributed by atoms with Crippen LogP contribution in [0.5, 0.6) is 5.75 Å². The maximum atomic E-state index is 14.1. The van der Waals surface area contributed by atoms with Crippen molar-refractivity contribution in [2.45, 2.75) is 60.3 Å². The molecule has 0 spiro atoms. The van der Waals surface area contributed by atoms with Gasteiger partial charge in [0, 0.05) is 34.3 Å². The Hall–Kier alpha value is -2.37. The van der Waals surface area contributed by atoms with Crippen molar-refractivity contribution in [2.24, 2.45) is 11.1 Å². The summed E-state index contributed by atoms with van der Waals surface area (Å²) in [4.78, 5) is 13.0. The number of methoxy groups -OCH3 is 1. The third-order valence-electron chi connectivity index (χ3n) is 5.96. The molecule has 0 unspecified atom stereocenters. The fourth-order valence-electron chi connectivity index (χ4n) is 4.07. The zero-order chi connectivity index (χ0) is 24.9. The van der Waals surface area contributed by atoms with Crippen molar-refractivity contribution in [3.05, 3.63) is 80.0 Å². The second kappa shape index (κ2) is 11.2. The molecule has 2 aromatic heterocycles. The number of rotatable bonds is 8. The lowest BCUT2D eigenvalue weighted by Gasteiger charge is -2.31. The van der Waals surface area contributed by atoms with Crippen LogP contribution in [0.15, 0.2) is 57.8 Å². The largest absolute Gasteiger partial charge is 0.496 e. The number of pyridine rings is 2. The smallest absolute Gasteiger partial charge is 0.258 e. The van der Waals surface area contributed by atoms with E-state index >= 15 is 0 Å². The molecule has 2 N–H and O–H groups in total.